The molecule has 1 heterocycles. The lowest BCUT2D eigenvalue weighted by atomic mass is 10.3. The first-order chi connectivity index (χ1) is 6.36. The lowest BCUT2D eigenvalue weighted by molar-refractivity contribution is -0.173. The molecule has 0 radical (unpaired) electrons. The van der Waals surface area contributed by atoms with Gasteiger partial charge in [0.2, 0.25) is 0 Å². The molecule has 1 rings (SSSR count). The number of hydrogen-bond donors (Lipinski definition) is 0. The molecule has 1 aliphatic heterocycles. The summed E-state index contributed by atoms with van der Waals surface area (Å²) in [4.78, 5) is 7.81. The van der Waals surface area contributed by atoms with Gasteiger partial charge in [0.1, 0.15) is 0 Å². The monoisotopic (exact) mass is 188 g/mol. The highest BCUT2D eigenvalue weighted by molar-refractivity contribution is 4.66. The van der Waals surface area contributed by atoms with Gasteiger partial charge in [-0.25, -0.2) is 0 Å². The second-order valence-corrected chi connectivity index (χ2v) is 3.18. The van der Waals surface area contributed by atoms with Crippen molar-refractivity contribution in [2.45, 2.75) is 6.92 Å². The number of rotatable bonds is 5. The Morgan fingerprint density at radius 2 is 1.85 bits per heavy atom. The molecule has 4 heteroatoms. The topological polar surface area (TPSA) is 24.9 Å². The molecule has 0 aliphatic carbocycles. The molecule has 1 saturated heterocycles. The van der Waals surface area contributed by atoms with Crippen LogP contribution in [0.3, 0.4) is 0 Å². The predicted molar refractivity (Wildman–Crippen MR) is 51.5 cm³/mol. The maximum Gasteiger partial charge on any atom is 0.0656 e. The summed E-state index contributed by atoms with van der Waals surface area (Å²) in [5.74, 6) is 0. The molecular weight excluding hydrogens is 168 g/mol. The van der Waals surface area contributed by atoms with Crippen molar-refractivity contribution >= 4 is 0 Å². The van der Waals surface area contributed by atoms with Crippen LogP contribution in [-0.4, -0.2) is 63.0 Å². The van der Waals surface area contributed by atoms with E-state index in [2.05, 4.69) is 4.90 Å². The first-order valence-corrected chi connectivity index (χ1v) is 4.96. The predicted octanol–water partition coefficient (Wildman–Crippen LogP) is 0.202. The highest BCUT2D eigenvalue weighted by Crippen LogP contribution is 2.01. The van der Waals surface area contributed by atoms with Gasteiger partial charge in [-0.15, -0.1) is 0 Å². The normalized spacial score (nSPS) is 20.8. The fourth-order valence-corrected chi connectivity index (χ4v) is 1.49. The van der Waals surface area contributed by atoms with Crippen molar-refractivity contribution in [2.75, 3.05) is 53.0 Å². The number of nitrogens with zero attached hydrogens (tertiary/aromatic N) is 2. The Morgan fingerprint density at radius 1 is 1.15 bits per heavy atom. The summed E-state index contributed by atoms with van der Waals surface area (Å²) < 4.78 is 5.03. The van der Waals surface area contributed by atoms with E-state index in [1.807, 2.05) is 12.0 Å². The molecule has 0 atom stereocenters. The molecule has 78 valence electrons. The lowest BCUT2D eigenvalue weighted by Gasteiger charge is -2.33. The van der Waals surface area contributed by atoms with Gasteiger partial charge >= 0.3 is 0 Å². The molecule has 0 aromatic rings. The number of piperazine rings is 1. The first kappa shape index (κ1) is 10.9. The molecule has 4 nitrogen and oxygen atoms in total. The van der Waals surface area contributed by atoms with Crippen LogP contribution in [0.15, 0.2) is 0 Å². The van der Waals surface area contributed by atoms with Crippen LogP contribution < -0.4 is 0 Å². The second kappa shape index (κ2) is 6.32. The van der Waals surface area contributed by atoms with E-state index in [0.29, 0.717) is 0 Å². The van der Waals surface area contributed by atoms with Gasteiger partial charge in [0, 0.05) is 39.8 Å². The zero-order valence-corrected chi connectivity index (χ0v) is 8.66. The zero-order chi connectivity index (χ0) is 9.52. The van der Waals surface area contributed by atoms with Crippen molar-refractivity contribution in [3.63, 3.8) is 0 Å². The highest BCUT2D eigenvalue weighted by atomic mass is 16.7. The molecule has 0 amide bonds. The van der Waals surface area contributed by atoms with E-state index in [-0.39, 0.29) is 0 Å². The van der Waals surface area contributed by atoms with Crippen molar-refractivity contribution in [2.24, 2.45) is 0 Å². The van der Waals surface area contributed by atoms with Crippen LogP contribution in [-0.2, 0) is 9.57 Å². The molecule has 0 bridgehead atoms. The average molecular weight is 188 g/mol. The van der Waals surface area contributed by atoms with Crippen molar-refractivity contribution < 1.29 is 9.57 Å². The Balaban J connectivity index is 2.08. The summed E-state index contributed by atoms with van der Waals surface area (Å²) in [7, 11) is 1.75. The van der Waals surface area contributed by atoms with Crippen LogP contribution >= 0.6 is 0 Å². The molecule has 1 fully saturated rings. The van der Waals surface area contributed by atoms with Gasteiger partial charge in [0.25, 0.3) is 0 Å². The molecule has 0 unspecified atom stereocenters. The van der Waals surface area contributed by atoms with Crippen molar-refractivity contribution in [1.82, 2.24) is 9.96 Å². The van der Waals surface area contributed by atoms with Gasteiger partial charge in [0.15, 0.2) is 0 Å². The van der Waals surface area contributed by atoms with Crippen molar-refractivity contribution in [3.05, 3.63) is 0 Å². The van der Waals surface area contributed by atoms with Gasteiger partial charge in [-0.2, -0.15) is 5.06 Å². The summed E-state index contributed by atoms with van der Waals surface area (Å²) in [6.45, 7) is 8.86. The van der Waals surface area contributed by atoms with E-state index >= 15 is 0 Å². The van der Waals surface area contributed by atoms with Gasteiger partial charge in [-0.3, -0.25) is 9.74 Å². The van der Waals surface area contributed by atoms with E-state index in [9.17, 15) is 0 Å². The van der Waals surface area contributed by atoms with Crippen LogP contribution in [0.1, 0.15) is 6.92 Å². The van der Waals surface area contributed by atoms with E-state index < -0.39 is 0 Å². The van der Waals surface area contributed by atoms with Crippen molar-refractivity contribution in [3.8, 4) is 0 Å². The Kier molecular flexibility index (Phi) is 5.31. The van der Waals surface area contributed by atoms with Gasteiger partial charge in [-0.05, 0) is 6.92 Å². The van der Waals surface area contributed by atoms with E-state index in [4.69, 9.17) is 9.57 Å². The summed E-state index contributed by atoms with van der Waals surface area (Å²) in [6, 6.07) is 0. The van der Waals surface area contributed by atoms with Crippen molar-refractivity contribution in [1.29, 1.82) is 0 Å². The third-order valence-corrected chi connectivity index (χ3v) is 2.25. The smallest absolute Gasteiger partial charge is 0.0656 e. The quantitative estimate of drug-likeness (QED) is 0.615. The number of hydrogen-bond acceptors (Lipinski definition) is 4. The minimum Gasteiger partial charge on any atom is -0.383 e. The Hall–Kier alpha value is -0.160. The van der Waals surface area contributed by atoms with Crippen LogP contribution in [0.25, 0.3) is 0 Å². The summed E-state index contributed by atoms with van der Waals surface area (Å²) in [6.07, 6.45) is 0. The van der Waals surface area contributed by atoms with E-state index in [1.54, 1.807) is 7.11 Å². The van der Waals surface area contributed by atoms with Gasteiger partial charge < -0.3 is 4.74 Å². The molecule has 1 aliphatic rings. The number of methoxy groups -OCH3 is 1. The molecule has 0 aromatic heterocycles. The fraction of sp³-hybridized carbons (Fsp3) is 1.00. The molecular formula is C9H20N2O2. The Morgan fingerprint density at radius 3 is 2.38 bits per heavy atom. The maximum atomic E-state index is 5.41. The zero-order valence-electron chi connectivity index (χ0n) is 8.66. The minimum absolute atomic E-state index is 0.776. The van der Waals surface area contributed by atoms with Gasteiger partial charge in [-0.1, -0.05) is 0 Å². The van der Waals surface area contributed by atoms with Crippen LogP contribution in [0.2, 0.25) is 0 Å². The molecule has 0 saturated carbocycles. The van der Waals surface area contributed by atoms with E-state index in [1.165, 1.54) is 0 Å². The Bertz CT molecular complexity index is 125. The Labute approximate surface area is 80.4 Å². The van der Waals surface area contributed by atoms with Gasteiger partial charge in [0.05, 0.1) is 13.2 Å². The summed E-state index contributed by atoms with van der Waals surface area (Å²) in [5, 5.41) is 2.04. The lowest BCUT2D eigenvalue weighted by Crippen LogP contribution is -2.47. The second-order valence-electron chi connectivity index (χ2n) is 3.18. The van der Waals surface area contributed by atoms with Crippen LogP contribution in [0.5, 0.6) is 0 Å². The van der Waals surface area contributed by atoms with Crippen LogP contribution in [0.4, 0.5) is 0 Å². The third kappa shape index (κ3) is 4.04. The fourth-order valence-electron chi connectivity index (χ4n) is 1.49. The number of ether oxygens (including phenoxy) is 1. The van der Waals surface area contributed by atoms with Crippen LogP contribution in [0, 0.1) is 0 Å². The molecule has 0 aromatic carbocycles. The highest BCUT2D eigenvalue weighted by Gasteiger charge is 2.15. The molecule has 13 heavy (non-hydrogen) atoms. The molecule has 0 N–H and O–H groups in total. The average Bonchev–Trinajstić information content (AvgIpc) is 2.17. The largest absolute Gasteiger partial charge is 0.383 e. The standard InChI is InChI=1S/C9H20N2O2/c1-3-13-11-6-4-10(5-7-11)8-9-12-2/h3-9H2,1-2H3. The number of hydroxylamine groups is 2. The third-order valence-electron chi connectivity index (χ3n) is 2.25. The first-order valence-electron chi connectivity index (χ1n) is 4.96. The van der Waals surface area contributed by atoms with E-state index in [0.717, 1.165) is 45.9 Å². The molecule has 0 spiro atoms. The minimum atomic E-state index is 0.776. The SMILES string of the molecule is CCON1CCN(CCOC)CC1. The summed E-state index contributed by atoms with van der Waals surface area (Å²) >= 11 is 0. The summed E-state index contributed by atoms with van der Waals surface area (Å²) in [5.41, 5.74) is 0. The maximum absolute atomic E-state index is 5.41.